The summed E-state index contributed by atoms with van der Waals surface area (Å²) in [5.74, 6) is 0. The van der Waals surface area contributed by atoms with Crippen molar-refractivity contribution >= 4 is 23.6 Å². The van der Waals surface area contributed by atoms with Gasteiger partial charge in [0, 0.05) is 38.1 Å². The van der Waals surface area contributed by atoms with Gasteiger partial charge in [-0.3, -0.25) is 0 Å². The lowest BCUT2D eigenvalue weighted by atomic mass is 9.87. The molecule has 2 heterocycles. The Morgan fingerprint density at radius 3 is 2.31 bits per heavy atom. The first-order valence-electron chi connectivity index (χ1n) is 9.12. The highest BCUT2D eigenvalue weighted by molar-refractivity contribution is 7.71. The molecule has 1 aromatic carbocycles. The van der Waals surface area contributed by atoms with E-state index in [-0.39, 0.29) is 5.41 Å². The molecule has 0 radical (unpaired) electrons. The minimum atomic E-state index is 0.175. The Morgan fingerprint density at radius 1 is 1.00 bits per heavy atom. The molecule has 0 atom stereocenters. The molecule has 1 fully saturated rings. The van der Waals surface area contributed by atoms with Crippen LogP contribution in [0.5, 0.6) is 0 Å². The van der Waals surface area contributed by atoms with Crippen LogP contribution in [0.1, 0.15) is 38.3 Å². The first-order chi connectivity index (χ1) is 12.4. The monoisotopic (exact) mass is 366 g/mol. The third-order valence-electron chi connectivity index (χ3n) is 4.99. The molecule has 0 saturated carbocycles. The van der Waals surface area contributed by atoms with Crippen LogP contribution in [0.3, 0.4) is 0 Å². The second kappa shape index (κ2) is 7.51. The highest BCUT2D eigenvalue weighted by Crippen LogP contribution is 2.26. The summed E-state index contributed by atoms with van der Waals surface area (Å²) in [6.07, 6.45) is 2.88. The van der Waals surface area contributed by atoms with E-state index >= 15 is 0 Å². The van der Waals surface area contributed by atoms with E-state index in [9.17, 15) is 5.26 Å². The fraction of sp³-hybridized carbons (Fsp3) is 0.429. The van der Waals surface area contributed by atoms with Gasteiger partial charge < -0.3 is 14.8 Å². The van der Waals surface area contributed by atoms with Gasteiger partial charge in [0.1, 0.15) is 16.3 Å². The molecule has 1 aliphatic rings. The number of benzene rings is 1. The molecule has 3 rings (SSSR count). The number of nitrogens with zero attached hydrogens (tertiary/aromatic N) is 3. The highest BCUT2D eigenvalue weighted by atomic mass is 32.1. The van der Waals surface area contributed by atoms with Crippen LogP contribution in [0, 0.1) is 16.0 Å². The summed E-state index contributed by atoms with van der Waals surface area (Å²) in [4.78, 5) is 7.67. The Kier molecular flexibility index (Phi) is 5.33. The van der Waals surface area contributed by atoms with E-state index in [1.807, 2.05) is 12.3 Å². The lowest BCUT2D eigenvalue weighted by Gasteiger charge is -2.26. The molecule has 136 valence electrons. The van der Waals surface area contributed by atoms with Crippen molar-refractivity contribution in [1.82, 2.24) is 4.98 Å². The van der Waals surface area contributed by atoms with Crippen LogP contribution in [-0.2, 0) is 5.41 Å². The molecule has 2 aromatic rings. The van der Waals surface area contributed by atoms with Gasteiger partial charge in [-0.05, 0) is 35.6 Å². The molecule has 0 unspecified atom stereocenters. The zero-order chi connectivity index (χ0) is 18.7. The van der Waals surface area contributed by atoms with Crippen molar-refractivity contribution in [3.8, 4) is 6.07 Å². The van der Waals surface area contributed by atoms with Crippen molar-refractivity contribution in [1.29, 1.82) is 5.26 Å². The Hall–Kier alpha value is -2.32. The maximum Gasteiger partial charge on any atom is 0.123 e. The number of anilines is 2. The zero-order valence-corrected chi connectivity index (χ0v) is 16.6. The second-order valence-corrected chi connectivity index (χ2v) is 8.21. The first-order valence-corrected chi connectivity index (χ1v) is 9.53. The van der Waals surface area contributed by atoms with E-state index in [0.29, 0.717) is 10.2 Å². The third kappa shape index (κ3) is 3.91. The Balaban J connectivity index is 1.76. The zero-order valence-electron chi connectivity index (χ0n) is 15.7. The standard InChI is InChI=1S/C21H26N4S/c1-21(2,3)16-5-7-17(8-6-16)24-11-4-12-25(14-13-24)19-9-10-23-20(26)18(19)15-22/h5-10H,4,11-14H2,1-3H3,(H,23,26). The molecule has 26 heavy (non-hydrogen) atoms. The van der Waals surface area contributed by atoms with Gasteiger partial charge in [0.05, 0.1) is 5.69 Å². The molecule has 1 aromatic heterocycles. The quantitative estimate of drug-likeness (QED) is 0.787. The molecule has 0 amide bonds. The Labute approximate surface area is 161 Å². The molecule has 0 aliphatic carbocycles. The second-order valence-electron chi connectivity index (χ2n) is 7.80. The number of H-pyrrole nitrogens is 1. The fourth-order valence-corrected chi connectivity index (χ4v) is 3.65. The largest absolute Gasteiger partial charge is 0.370 e. The number of hydrogen-bond donors (Lipinski definition) is 1. The van der Waals surface area contributed by atoms with Crippen LogP contribution < -0.4 is 9.80 Å². The smallest absolute Gasteiger partial charge is 0.123 e. The van der Waals surface area contributed by atoms with Gasteiger partial charge in [0.25, 0.3) is 0 Å². The first kappa shape index (κ1) is 18.5. The molecule has 1 aliphatic heterocycles. The number of hydrogen-bond acceptors (Lipinski definition) is 4. The molecule has 1 N–H and O–H groups in total. The number of rotatable bonds is 2. The van der Waals surface area contributed by atoms with Gasteiger partial charge in [0.15, 0.2) is 0 Å². The van der Waals surface area contributed by atoms with Gasteiger partial charge in [-0.2, -0.15) is 5.26 Å². The van der Waals surface area contributed by atoms with E-state index in [1.54, 1.807) is 0 Å². The van der Waals surface area contributed by atoms with Crippen LogP contribution >= 0.6 is 12.2 Å². The number of nitrogens with one attached hydrogen (secondary N) is 1. The predicted molar refractivity (Wildman–Crippen MR) is 111 cm³/mol. The van der Waals surface area contributed by atoms with Crippen LogP contribution in [0.4, 0.5) is 11.4 Å². The predicted octanol–water partition coefficient (Wildman–Crippen LogP) is 4.63. The summed E-state index contributed by atoms with van der Waals surface area (Å²) < 4.78 is 0.517. The molecule has 1 saturated heterocycles. The summed E-state index contributed by atoms with van der Waals surface area (Å²) in [5, 5.41) is 9.45. The third-order valence-corrected chi connectivity index (χ3v) is 5.31. The van der Waals surface area contributed by atoms with Gasteiger partial charge in [-0.1, -0.05) is 45.1 Å². The summed E-state index contributed by atoms with van der Waals surface area (Å²) in [7, 11) is 0. The van der Waals surface area contributed by atoms with Crippen molar-refractivity contribution < 1.29 is 0 Å². The van der Waals surface area contributed by atoms with Crippen molar-refractivity contribution in [2.45, 2.75) is 32.6 Å². The average molecular weight is 367 g/mol. The number of aromatic nitrogens is 1. The van der Waals surface area contributed by atoms with Gasteiger partial charge in [-0.25, -0.2) is 0 Å². The van der Waals surface area contributed by atoms with E-state index in [1.165, 1.54) is 11.3 Å². The minimum Gasteiger partial charge on any atom is -0.370 e. The van der Waals surface area contributed by atoms with E-state index in [2.05, 4.69) is 65.9 Å². The summed E-state index contributed by atoms with van der Waals surface area (Å²) in [6.45, 7) is 10.5. The molecular weight excluding hydrogens is 340 g/mol. The summed E-state index contributed by atoms with van der Waals surface area (Å²) >= 11 is 5.27. The molecule has 5 heteroatoms. The average Bonchev–Trinajstić information content (AvgIpc) is 2.87. The van der Waals surface area contributed by atoms with E-state index < -0.39 is 0 Å². The van der Waals surface area contributed by atoms with Crippen molar-refractivity contribution in [2.24, 2.45) is 0 Å². The van der Waals surface area contributed by atoms with Crippen LogP contribution in [0.25, 0.3) is 0 Å². The molecule has 0 bridgehead atoms. The van der Waals surface area contributed by atoms with Crippen LogP contribution in [-0.4, -0.2) is 31.2 Å². The maximum atomic E-state index is 9.45. The SMILES string of the molecule is CC(C)(C)c1ccc(N2CCCN(c3cc[nH]c(=S)c3C#N)CC2)cc1. The number of aromatic amines is 1. The summed E-state index contributed by atoms with van der Waals surface area (Å²) in [6, 6.07) is 13.2. The van der Waals surface area contributed by atoms with Crippen LogP contribution in [0.15, 0.2) is 36.5 Å². The van der Waals surface area contributed by atoms with E-state index in [4.69, 9.17) is 12.2 Å². The van der Waals surface area contributed by atoms with Gasteiger partial charge in [-0.15, -0.1) is 0 Å². The van der Waals surface area contributed by atoms with Gasteiger partial charge in [0.2, 0.25) is 0 Å². The molecule has 0 spiro atoms. The van der Waals surface area contributed by atoms with Crippen molar-refractivity contribution in [2.75, 3.05) is 36.0 Å². The van der Waals surface area contributed by atoms with Gasteiger partial charge >= 0.3 is 0 Å². The highest BCUT2D eigenvalue weighted by Gasteiger charge is 2.19. The normalized spacial score (nSPS) is 15.5. The summed E-state index contributed by atoms with van der Waals surface area (Å²) in [5.41, 5.74) is 4.32. The number of pyridine rings is 1. The Morgan fingerprint density at radius 2 is 1.65 bits per heavy atom. The van der Waals surface area contributed by atoms with E-state index in [0.717, 1.165) is 38.3 Å². The lowest BCUT2D eigenvalue weighted by Crippen LogP contribution is -2.31. The lowest BCUT2D eigenvalue weighted by molar-refractivity contribution is 0.590. The maximum absolute atomic E-state index is 9.45. The topological polar surface area (TPSA) is 46.1 Å². The Bertz CT molecular complexity index is 855. The van der Waals surface area contributed by atoms with Crippen molar-refractivity contribution in [3.05, 3.63) is 52.3 Å². The van der Waals surface area contributed by atoms with Crippen LogP contribution in [0.2, 0.25) is 0 Å². The minimum absolute atomic E-state index is 0.175. The molecular formula is C21H26N4S. The fourth-order valence-electron chi connectivity index (χ4n) is 3.43. The number of nitriles is 1. The van der Waals surface area contributed by atoms with Crippen molar-refractivity contribution in [3.63, 3.8) is 0 Å². The molecule has 4 nitrogen and oxygen atoms in total.